The summed E-state index contributed by atoms with van der Waals surface area (Å²) >= 11 is 1.49. The molecule has 0 saturated carbocycles. The topological polar surface area (TPSA) is 51.0 Å². The number of aromatic nitrogens is 2. The van der Waals surface area contributed by atoms with Crippen LogP contribution in [0.15, 0.2) is 38.8 Å². The number of rotatable bonds is 6. The highest BCUT2D eigenvalue weighted by atomic mass is 32.2. The second kappa shape index (κ2) is 6.73. The minimum absolute atomic E-state index is 0.379. The molecule has 0 radical (unpaired) electrons. The summed E-state index contributed by atoms with van der Waals surface area (Å²) in [5.41, 5.74) is 1.29. The third-order valence-electron chi connectivity index (χ3n) is 2.79. The third kappa shape index (κ3) is 4.08. The molecule has 0 spiro atoms. The lowest BCUT2D eigenvalue weighted by molar-refractivity contribution is 0.429. The van der Waals surface area contributed by atoms with Gasteiger partial charge < -0.3 is 9.73 Å². The van der Waals surface area contributed by atoms with Gasteiger partial charge in [0.2, 0.25) is 5.89 Å². The molecule has 1 atom stereocenters. The SMILES string of the molecule is CCCNC(C)c1ccc(Sc2nnc(C)o2)cc1. The average molecular weight is 277 g/mol. The van der Waals surface area contributed by atoms with Crippen molar-refractivity contribution in [2.24, 2.45) is 0 Å². The molecule has 0 fully saturated rings. The first-order chi connectivity index (χ1) is 9.19. The second-order valence-electron chi connectivity index (χ2n) is 4.43. The molecule has 1 N–H and O–H groups in total. The summed E-state index contributed by atoms with van der Waals surface area (Å²) in [6.07, 6.45) is 1.15. The number of aryl methyl sites for hydroxylation is 1. The van der Waals surface area contributed by atoms with E-state index in [1.807, 2.05) is 0 Å². The third-order valence-corrected chi connectivity index (χ3v) is 3.64. The second-order valence-corrected chi connectivity index (χ2v) is 5.46. The number of benzene rings is 1. The smallest absolute Gasteiger partial charge is 0.281 e. The van der Waals surface area contributed by atoms with Gasteiger partial charge in [0, 0.05) is 17.9 Å². The van der Waals surface area contributed by atoms with Crippen molar-refractivity contribution in [3.8, 4) is 0 Å². The summed E-state index contributed by atoms with van der Waals surface area (Å²) in [7, 11) is 0. The minimum atomic E-state index is 0.379. The molecule has 4 nitrogen and oxygen atoms in total. The number of nitrogens with one attached hydrogen (secondary N) is 1. The molecule has 0 aliphatic heterocycles. The largest absolute Gasteiger partial charge is 0.416 e. The Kier molecular flexibility index (Phi) is 4.99. The Morgan fingerprint density at radius 1 is 1.26 bits per heavy atom. The van der Waals surface area contributed by atoms with Crippen molar-refractivity contribution < 1.29 is 4.42 Å². The first kappa shape index (κ1) is 14.1. The Balaban J connectivity index is 1.98. The minimum Gasteiger partial charge on any atom is -0.416 e. The predicted octanol–water partition coefficient (Wildman–Crippen LogP) is 3.59. The van der Waals surface area contributed by atoms with E-state index in [-0.39, 0.29) is 0 Å². The van der Waals surface area contributed by atoms with Gasteiger partial charge in [-0.05, 0) is 49.3 Å². The molecule has 1 aromatic heterocycles. The van der Waals surface area contributed by atoms with E-state index < -0.39 is 0 Å². The molecule has 0 bridgehead atoms. The molecule has 1 heterocycles. The van der Waals surface area contributed by atoms with Gasteiger partial charge in [0.15, 0.2) is 0 Å². The summed E-state index contributed by atoms with van der Waals surface area (Å²) in [5, 5.41) is 11.8. The van der Waals surface area contributed by atoms with Crippen molar-refractivity contribution in [2.75, 3.05) is 6.54 Å². The van der Waals surface area contributed by atoms with Crippen LogP contribution in [0.25, 0.3) is 0 Å². The van der Waals surface area contributed by atoms with Crippen LogP contribution in [0.4, 0.5) is 0 Å². The summed E-state index contributed by atoms with van der Waals surface area (Å²) < 4.78 is 5.35. The van der Waals surface area contributed by atoms with Crippen LogP contribution in [0, 0.1) is 6.92 Å². The molecular formula is C14H19N3OS. The maximum atomic E-state index is 5.35. The molecule has 2 rings (SSSR count). The van der Waals surface area contributed by atoms with Gasteiger partial charge in [-0.15, -0.1) is 10.2 Å². The van der Waals surface area contributed by atoms with E-state index in [0.717, 1.165) is 17.9 Å². The highest BCUT2D eigenvalue weighted by Crippen LogP contribution is 2.27. The Morgan fingerprint density at radius 3 is 2.58 bits per heavy atom. The van der Waals surface area contributed by atoms with Gasteiger partial charge in [0.1, 0.15) is 0 Å². The molecule has 0 aliphatic carbocycles. The number of nitrogens with zero attached hydrogens (tertiary/aromatic N) is 2. The van der Waals surface area contributed by atoms with Gasteiger partial charge in [0.25, 0.3) is 5.22 Å². The van der Waals surface area contributed by atoms with Crippen molar-refractivity contribution in [1.29, 1.82) is 0 Å². The molecule has 0 aliphatic rings. The summed E-state index contributed by atoms with van der Waals surface area (Å²) in [5.74, 6) is 0.594. The fourth-order valence-electron chi connectivity index (χ4n) is 1.72. The molecule has 1 aromatic carbocycles. The van der Waals surface area contributed by atoms with Crippen LogP contribution in [0.3, 0.4) is 0 Å². The van der Waals surface area contributed by atoms with E-state index in [2.05, 4.69) is 53.6 Å². The monoisotopic (exact) mass is 277 g/mol. The highest BCUT2D eigenvalue weighted by Gasteiger charge is 2.07. The van der Waals surface area contributed by atoms with E-state index >= 15 is 0 Å². The van der Waals surface area contributed by atoms with E-state index in [0.29, 0.717) is 17.2 Å². The molecule has 19 heavy (non-hydrogen) atoms. The van der Waals surface area contributed by atoms with Crippen LogP contribution in [0.2, 0.25) is 0 Å². The number of hydrogen-bond acceptors (Lipinski definition) is 5. The first-order valence-corrected chi connectivity index (χ1v) is 7.32. The van der Waals surface area contributed by atoms with Crippen LogP contribution in [-0.4, -0.2) is 16.7 Å². The molecule has 0 saturated heterocycles. The van der Waals surface area contributed by atoms with Gasteiger partial charge >= 0.3 is 0 Å². The highest BCUT2D eigenvalue weighted by molar-refractivity contribution is 7.99. The van der Waals surface area contributed by atoms with Crippen LogP contribution in [-0.2, 0) is 0 Å². The lowest BCUT2D eigenvalue weighted by Gasteiger charge is -2.13. The molecule has 5 heteroatoms. The van der Waals surface area contributed by atoms with E-state index in [9.17, 15) is 0 Å². The zero-order valence-electron chi connectivity index (χ0n) is 11.5. The van der Waals surface area contributed by atoms with Crippen LogP contribution in [0.5, 0.6) is 0 Å². The first-order valence-electron chi connectivity index (χ1n) is 6.50. The van der Waals surface area contributed by atoms with Crippen molar-refractivity contribution >= 4 is 11.8 Å². The fourth-order valence-corrected chi connectivity index (χ4v) is 2.44. The van der Waals surface area contributed by atoms with Gasteiger partial charge in [-0.3, -0.25) is 0 Å². The van der Waals surface area contributed by atoms with Gasteiger partial charge in [-0.1, -0.05) is 19.1 Å². The lowest BCUT2D eigenvalue weighted by atomic mass is 10.1. The van der Waals surface area contributed by atoms with Gasteiger partial charge in [-0.25, -0.2) is 0 Å². The van der Waals surface area contributed by atoms with Crippen LogP contribution < -0.4 is 5.32 Å². The van der Waals surface area contributed by atoms with Gasteiger partial charge in [0.05, 0.1) is 0 Å². The standard InChI is InChI=1S/C14H19N3OS/c1-4-9-15-10(2)12-5-7-13(8-6-12)19-14-17-16-11(3)18-14/h5-8,10,15H,4,9H2,1-3H3. The molecule has 2 aromatic rings. The van der Waals surface area contributed by atoms with E-state index in [1.165, 1.54) is 17.3 Å². The van der Waals surface area contributed by atoms with E-state index in [4.69, 9.17) is 4.42 Å². The molecule has 1 unspecified atom stereocenters. The quantitative estimate of drug-likeness (QED) is 0.874. The Labute approximate surface area is 118 Å². The number of hydrogen-bond donors (Lipinski definition) is 1. The van der Waals surface area contributed by atoms with Crippen molar-refractivity contribution in [1.82, 2.24) is 15.5 Å². The fraction of sp³-hybridized carbons (Fsp3) is 0.429. The van der Waals surface area contributed by atoms with Crippen molar-refractivity contribution in [3.05, 3.63) is 35.7 Å². The van der Waals surface area contributed by atoms with E-state index in [1.54, 1.807) is 6.92 Å². The van der Waals surface area contributed by atoms with Crippen LogP contribution in [0.1, 0.15) is 37.8 Å². The molecule has 102 valence electrons. The summed E-state index contributed by atoms with van der Waals surface area (Å²) in [4.78, 5) is 1.11. The zero-order chi connectivity index (χ0) is 13.7. The van der Waals surface area contributed by atoms with Gasteiger partial charge in [-0.2, -0.15) is 0 Å². The van der Waals surface area contributed by atoms with Crippen molar-refractivity contribution in [2.45, 2.75) is 43.4 Å². The Bertz CT molecular complexity index is 510. The van der Waals surface area contributed by atoms with Crippen molar-refractivity contribution in [3.63, 3.8) is 0 Å². The Morgan fingerprint density at radius 2 is 2.00 bits per heavy atom. The zero-order valence-corrected chi connectivity index (χ0v) is 12.3. The summed E-state index contributed by atoms with van der Waals surface area (Å²) in [6.45, 7) is 7.19. The maximum absolute atomic E-state index is 5.35. The molecular weight excluding hydrogens is 258 g/mol. The lowest BCUT2D eigenvalue weighted by Crippen LogP contribution is -2.19. The Hall–Kier alpha value is -1.33. The molecule has 0 amide bonds. The maximum Gasteiger partial charge on any atom is 0.281 e. The normalized spacial score (nSPS) is 12.6. The van der Waals surface area contributed by atoms with Crippen LogP contribution >= 0.6 is 11.8 Å². The summed E-state index contributed by atoms with van der Waals surface area (Å²) in [6, 6.07) is 8.83. The predicted molar refractivity (Wildman–Crippen MR) is 76.3 cm³/mol. The average Bonchev–Trinajstić information content (AvgIpc) is 2.82.